The molecule has 1 aliphatic heterocycles. The zero-order valence-electron chi connectivity index (χ0n) is 6.47. The van der Waals surface area contributed by atoms with E-state index in [2.05, 4.69) is 17.0 Å². The summed E-state index contributed by atoms with van der Waals surface area (Å²) in [5.41, 5.74) is 0. The van der Waals surface area contributed by atoms with Gasteiger partial charge in [0.05, 0.1) is 0 Å². The molecule has 0 unspecified atom stereocenters. The van der Waals surface area contributed by atoms with Crippen molar-refractivity contribution < 1.29 is 4.74 Å². The molecule has 0 radical (unpaired) electrons. The average Bonchev–Trinajstić information content (AvgIpc) is 2.06. The molecule has 11 heavy (non-hydrogen) atoms. The summed E-state index contributed by atoms with van der Waals surface area (Å²) in [6.07, 6.45) is 1.91. The Labute approximate surface area is 66.2 Å². The van der Waals surface area contributed by atoms with Crippen LogP contribution in [0, 0.1) is 5.41 Å². The van der Waals surface area contributed by atoms with E-state index in [9.17, 15) is 0 Å². The molecule has 0 aromatic carbocycles. The molecular weight excluding hydrogens is 142 g/mol. The summed E-state index contributed by atoms with van der Waals surface area (Å²) in [4.78, 5) is 3.46. The molecule has 0 aromatic heterocycles. The normalized spacial score (nSPS) is 19.3. The molecule has 0 bridgehead atoms. The number of rotatable bonds is 1. The molecule has 0 spiro atoms. The summed E-state index contributed by atoms with van der Waals surface area (Å²) in [6.45, 7) is 4.82. The first kappa shape index (κ1) is 8.20. The lowest BCUT2D eigenvalue weighted by atomic mass is 10.1. The highest BCUT2D eigenvalue weighted by Gasteiger charge is 2.13. The van der Waals surface area contributed by atoms with E-state index in [-0.39, 0.29) is 5.96 Å². The lowest BCUT2D eigenvalue weighted by Crippen LogP contribution is -2.37. The summed E-state index contributed by atoms with van der Waals surface area (Å²) in [5, 5.41) is 10.1. The van der Waals surface area contributed by atoms with Gasteiger partial charge in [0.2, 0.25) is 5.96 Å². The van der Waals surface area contributed by atoms with E-state index in [1.165, 1.54) is 0 Å². The molecule has 2 N–H and O–H groups in total. The molecule has 1 heterocycles. The predicted molar refractivity (Wildman–Crippen MR) is 44.3 cm³/mol. The molecular formula is C7H13N3O. The van der Waals surface area contributed by atoms with Crippen LogP contribution >= 0.6 is 0 Å². The van der Waals surface area contributed by atoms with Crippen LogP contribution in [-0.4, -0.2) is 31.9 Å². The quantitative estimate of drug-likeness (QED) is 0.425. The molecule has 0 atom stereocenters. The smallest absolute Gasteiger partial charge is 0.214 e. The Morgan fingerprint density at radius 1 is 1.55 bits per heavy atom. The molecule has 1 fully saturated rings. The first-order valence-electron chi connectivity index (χ1n) is 3.72. The molecule has 4 heteroatoms. The van der Waals surface area contributed by atoms with Crippen LogP contribution in [0.4, 0.5) is 0 Å². The molecule has 1 rings (SSSR count). The second-order valence-electron chi connectivity index (χ2n) is 2.54. The fourth-order valence-electron chi connectivity index (χ4n) is 1.08. The van der Waals surface area contributed by atoms with Crippen LogP contribution in [0.5, 0.6) is 0 Å². The maximum atomic E-state index is 7.19. The summed E-state index contributed by atoms with van der Waals surface area (Å²) in [6, 6.07) is 0.349. The van der Waals surface area contributed by atoms with Gasteiger partial charge in [-0.25, -0.2) is 4.99 Å². The fourth-order valence-corrected chi connectivity index (χ4v) is 1.08. The van der Waals surface area contributed by atoms with Crippen molar-refractivity contribution >= 4 is 12.7 Å². The predicted octanol–water partition coefficient (Wildman–Crippen LogP) is 0.390. The maximum Gasteiger partial charge on any atom is 0.214 e. The third kappa shape index (κ3) is 2.67. The fraction of sp³-hybridized carbons (Fsp3) is 0.714. The first-order valence-corrected chi connectivity index (χ1v) is 3.72. The zero-order chi connectivity index (χ0) is 8.10. The minimum atomic E-state index is 0.164. The van der Waals surface area contributed by atoms with Gasteiger partial charge in [0.25, 0.3) is 0 Å². The van der Waals surface area contributed by atoms with Crippen molar-refractivity contribution in [1.82, 2.24) is 5.32 Å². The minimum absolute atomic E-state index is 0.164. The van der Waals surface area contributed by atoms with Gasteiger partial charge in [-0.1, -0.05) is 0 Å². The lowest BCUT2D eigenvalue weighted by Gasteiger charge is -2.22. The van der Waals surface area contributed by atoms with Crippen molar-refractivity contribution in [3.05, 3.63) is 0 Å². The van der Waals surface area contributed by atoms with Crippen molar-refractivity contribution in [2.75, 3.05) is 13.2 Å². The molecule has 4 nitrogen and oxygen atoms in total. The van der Waals surface area contributed by atoms with E-state index in [1.54, 1.807) is 0 Å². The number of aliphatic imine (C=N–C) groups is 1. The van der Waals surface area contributed by atoms with Gasteiger partial charge in [0, 0.05) is 19.3 Å². The summed E-state index contributed by atoms with van der Waals surface area (Å²) in [5.74, 6) is 0.164. The number of nitrogens with one attached hydrogen (secondary N) is 2. The first-order chi connectivity index (χ1) is 5.33. The van der Waals surface area contributed by atoms with Crippen LogP contribution in [0.2, 0.25) is 0 Å². The lowest BCUT2D eigenvalue weighted by molar-refractivity contribution is 0.0823. The Morgan fingerprint density at radius 2 is 2.18 bits per heavy atom. The highest BCUT2D eigenvalue weighted by atomic mass is 16.5. The zero-order valence-corrected chi connectivity index (χ0v) is 6.47. The monoisotopic (exact) mass is 155 g/mol. The Kier molecular flexibility index (Phi) is 3.04. The van der Waals surface area contributed by atoms with Crippen LogP contribution in [0.1, 0.15) is 12.8 Å². The number of ether oxygens (including phenoxy) is 1. The highest BCUT2D eigenvalue weighted by molar-refractivity contribution is 5.81. The van der Waals surface area contributed by atoms with E-state index in [0.717, 1.165) is 26.1 Å². The van der Waals surface area contributed by atoms with Gasteiger partial charge in [0.1, 0.15) is 0 Å². The summed E-state index contributed by atoms with van der Waals surface area (Å²) < 4.78 is 5.16. The third-order valence-electron chi connectivity index (χ3n) is 1.72. The van der Waals surface area contributed by atoms with Crippen LogP contribution in [0.3, 0.4) is 0 Å². The largest absolute Gasteiger partial charge is 0.381 e. The Balaban J connectivity index is 2.24. The van der Waals surface area contributed by atoms with Crippen molar-refractivity contribution in [3.63, 3.8) is 0 Å². The van der Waals surface area contributed by atoms with Gasteiger partial charge in [-0.15, -0.1) is 0 Å². The maximum absolute atomic E-state index is 7.19. The van der Waals surface area contributed by atoms with E-state index in [4.69, 9.17) is 10.1 Å². The molecule has 0 amide bonds. The van der Waals surface area contributed by atoms with Gasteiger partial charge >= 0.3 is 0 Å². The molecule has 1 saturated heterocycles. The van der Waals surface area contributed by atoms with Crippen molar-refractivity contribution in [3.8, 4) is 0 Å². The third-order valence-corrected chi connectivity index (χ3v) is 1.72. The molecule has 0 aliphatic carbocycles. The number of hydrogen-bond acceptors (Lipinski definition) is 2. The van der Waals surface area contributed by atoms with Gasteiger partial charge < -0.3 is 10.1 Å². The van der Waals surface area contributed by atoms with Gasteiger partial charge in [-0.2, -0.15) is 0 Å². The average molecular weight is 155 g/mol. The van der Waals surface area contributed by atoms with Gasteiger partial charge in [-0.05, 0) is 19.6 Å². The number of guanidine groups is 1. The minimum Gasteiger partial charge on any atom is -0.381 e. The standard InChI is InChI=1S/C7H13N3O/c1-9-7(8)10-6-2-4-11-5-3-6/h6H,1-5H2,(H2,8,10). The Bertz CT molecular complexity index is 152. The second kappa shape index (κ2) is 4.08. The van der Waals surface area contributed by atoms with Crippen molar-refractivity contribution in [2.24, 2.45) is 4.99 Å². The van der Waals surface area contributed by atoms with Crippen molar-refractivity contribution in [1.29, 1.82) is 5.41 Å². The van der Waals surface area contributed by atoms with Crippen LogP contribution in [-0.2, 0) is 4.74 Å². The van der Waals surface area contributed by atoms with Gasteiger partial charge in [0.15, 0.2) is 0 Å². The molecule has 1 aliphatic rings. The summed E-state index contributed by atoms with van der Waals surface area (Å²) >= 11 is 0. The van der Waals surface area contributed by atoms with Gasteiger partial charge in [-0.3, -0.25) is 5.41 Å². The van der Waals surface area contributed by atoms with Crippen molar-refractivity contribution in [2.45, 2.75) is 18.9 Å². The van der Waals surface area contributed by atoms with E-state index in [0.29, 0.717) is 6.04 Å². The summed E-state index contributed by atoms with van der Waals surface area (Å²) in [7, 11) is 0. The molecule has 0 aromatic rings. The topological polar surface area (TPSA) is 57.5 Å². The number of nitrogens with zero attached hydrogens (tertiary/aromatic N) is 1. The molecule has 0 saturated carbocycles. The SMILES string of the molecule is C=NC(=N)NC1CCOCC1. The van der Waals surface area contributed by atoms with Crippen LogP contribution in [0.25, 0.3) is 0 Å². The van der Waals surface area contributed by atoms with E-state index >= 15 is 0 Å². The van der Waals surface area contributed by atoms with Crippen LogP contribution < -0.4 is 5.32 Å². The Morgan fingerprint density at radius 3 is 2.73 bits per heavy atom. The van der Waals surface area contributed by atoms with Crippen LogP contribution in [0.15, 0.2) is 4.99 Å². The Hall–Kier alpha value is -0.900. The highest BCUT2D eigenvalue weighted by Crippen LogP contribution is 2.05. The number of hydrogen-bond donors (Lipinski definition) is 2. The van der Waals surface area contributed by atoms with E-state index in [1.807, 2.05) is 0 Å². The van der Waals surface area contributed by atoms with E-state index < -0.39 is 0 Å². The second-order valence-corrected chi connectivity index (χ2v) is 2.54. The molecule has 62 valence electrons.